The molecule has 1 unspecified atom stereocenters. The van der Waals surface area contributed by atoms with Crippen LogP contribution >= 0.6 is 11.6 Å². The van der Waals surface area contributed by atoms with E-state index in [2.05, 4.69) is 22.0 Å². The summed E-state index contributed by atoms with van der Waals surface area (Å²) in [5, 5.41) is 0. The third kappa shape index (κ3) is 2.63. The lowest BCUT2D eigenvalue weighted by Crippen LogP contribution is -2.29. The molecule has 82 valence electrons. The SMILES string of the molecule is ClCCCC1CCCN1c1ccccn1. The molecule has 1 atom stereocenters. The molecule has 1 aromatic heterocycles. The van der Waals surface area contributed by atoms with Crippen LogP contribution in [0.1, 0.15) is 25.7 Å². The first-order valence-corrected chi connectivity index (χ1v) is 6.19. The number of halogens is 1. The van der Waals surface area contributed by atoms with Crippen molar-refractivity contribution in [3.8, 4) is 0 Å². The van der Waals surface area contributed by atoms with Gasteiger partial charge in [-0.1, -0.05) is 6.07 Å². The van der Waals surface area contributed by atoms with E-state index in [4.69, 9.17) is 11.6 Å². The minimum atomic E-state index is 0.652. The van der Waals surface area contributed by atoms with Crippen molar-refractivity contribution < 1.29 is 0 Å². The van der Waals surface area contributed by atoms with Crippen LogP contribution in [0.25, 0.3) is 0 Å². The zero-order chi connectivity index (χ0) is 10.5. The number of pyridine rings is 1. The highest BCUT2D eigenvalue weighted by atomic mass is 35.5. The van der Waals surface area contributed by atoms with E-state index in [0.717, 1.165) is 24.7 Å². The van der Waals surface area contributed by atoms with E-state index in [0.29, 0.717) is 6.04 Å². The molecule has 0 saturated carbocycles. The maximum absolute atomic E-state index is 5.74. The Balaban J connectivity index is 2.01. The third-order valence-electron chi connectivity index (χ3n) is 2.99. The summed E-state index contributed by atoms with van der Waals surface area (Å²) in [7, 11) is 0. The maximum Gasteiger partial charge on any atom is 0.128 e. The number of hydrogen-bond acceptors (Lipinski definition) is 2. The van der Waals surface area contributed by atoms with Gasteiger partial charge < -0.3 is 4.90 Å². The van der Waals surface area contributed by atoms with Crippen LogP contribution in [0.4, 0.5) is 5.82 Å². The van der Waals surface area contributed by atoms with Crippen molar-refractivity contribution in [2.75, 3.05) is 17.3 Å². The largest absolute Gasteiger partial charge is 0.354 e. The first kappa shape index (κ1) is 10.7. The molecule has 2 nitrogen and oxygen atoms in total. The Kier molecular flexibility index (Phi) is 3.84. The van der Waals surface area contributed by atoms with Gasteiger partial charge in [-0.2, -0.15) is 0 Å². The molecule has 3 heteroatoms. The van der Waals surface area contributed by atoms with Crippen LogP contribution in [0, 0.1) is 0 Å². The molecule has 0 aromatic carbocycles. The average molecular weight is 225 g/mol. The second-order valence-corrected chi connectivity index (χ2v) is 4.39. The minimum Gasteiger partial charge on any atom is -0.354 e. The van der Waals surface area contributed by atoms with Gasteiger partial charge in [0.15, 0.2) is 0 Å². The van der Waals surface area contributed by atoms with Gasteiger partial charge in [-0.3, -0.25) is 0 Å². The van der Waals surface area contributed by atoms with Gasteiger partial charge in [-0.25, -0.2) is 4.98 Å². The predicted octanol–water partition coefficient (Wildman–Crippen LogP) is 3.07. The number of nitrogens with zero attached hydrogens (tertiary/aromatic N) is 2. The van der Waals surface area contributed by atoms with Crippen LogP contribution < -0.4 is 4.90 Å². The number of anilines is 1. The highest BCUT2D eigenvalue weighted by molar-refractivity contribution is 6.17. The Morgan fingerprint density at radius 2 is 2.40 bits per heavy atom. The summed E-state index contributed by atoms with van der Waals surface area (Å²) >= 11 is 5.74. The second kappa shape index (κ2) is 5.36. The van der Waals surface area contributed by atoms with Gasteiger partial charge in [-0.15, -0.1) is 11.6 Å². The first-order chi connectivity index (χ1) is 7.42. The van der Waals surface area contributed by atoms with Gasteiger partial charge in [0.2, 0.25) is 0 Å². The molecule has 2 heterocycles. The molecule has 15 heavy (non-hydrogen) atoms. The van der Waals surface area contributed by atoms with Gasteiger partial charge in [0.25, 0.3) is 0 Å². The lowest BCUT2D eigenvalue weighted by Gasteiger charge is -2.25. The van der Waals surface area contributed by atoms with E-state index in [-0.39, 0.29) is 0 Å². The molecule has 1 aliphatic heterocycles. The summed E-state index contributed by atoms with van der Waals surface area (Å²) in [4.78, 5) is 6.84. The topological polar surface area (TPSA) is 16.1 Å². The van der Waals surface area contributed by atoms with Crippen molar-refractivity contribution in [3.05, 3.63) is 24.4 Å². The van der Waals surface area contributed by atoms with E-state index < -0.39 is 0 Å². The lowest BCUT2D eigenvalue weighted by atomic mass is 10.1. The zero-order valence-electron chi connectivity index (χ0n) is 8.90. The summed E-state index contributed by atoms with van der Waals surface area (Å²) in [6, 6.07) is 6.77. The molecule has 1 aromatic rings. The standard InChI is InChI=1S/C12H17ClN2/c13-8-3-5-11-6-4-10-15(11)12-7-1-2-9-14-12/h1-2,7,9,11H,3-6,8,10H2. The number of rotatable bonds is 4. The summed E-state index contributed by atoms with van der Waals surface area (Å²) in [5.74, 6) is 1.89. The molecule has 0 spiro atoms. The highest BCUT2D eigenvalue weighted by Crippen LogP contribution is 2.26. The van der Waals surface area contributed by atoms with Crippen LogP contribution in [0.5, 0.6) is 0 Å². The van der Waals surface area contributed by atoms with Gasteiger partial charge in [0.1, 0.15) is 5.82 Å². The van der Waals surface area contributed by atoms with Crippen LogP contribution in [-0.2, 0) is 0 Å². The highest BCUT2D eigenvalue weighted by Gasteiger charge is 2.24. The zero-order valence-corrected chi connectivity index (χ0v) is 9.66. The third-order valence-corrected chi connectivity index (χ3v) is 3.26. The number of hydrogen-bond donors (Lipinski definition) is 0. The summed E-state index contributed by atoms with van der Waals surface area (Å²) in [5.41, 5.74) is 0. The predicted molar refractivity (Wildman–Crippen MR) is 64.6 cm³/mol. The van der Waals surface area contributed by atoms with Crippen LogP contribution in [0.2, 0.25) is 0 Å². The van der Waals surface area contributed by atoms with Crippen molar-refractivity contribution in [2.24, 2.45) is 0 Å². The van der Waals surface area contributed by atoms with E-state index in [1.54, 1.807) is 0 Å². The molecule has 2 rings (SSSR count). The van der Waals surface area contributed by atoms with Crippen LogP contribution in [0.3, 0.4) is 0 Å². The molecule has 0 bridgehead atoms. The molecule has 1 fully saturated rings. The normalized spacial score (nSPS) is 20.9. The van der Waals surface area contributed by atoms with Crippen molar-refractivity contribution in [2.45, 2.75) is 31.7 Å². The molecule has 1 aliphatic rings. The lowest BCUT2D eigenvalue weighted by molar-refractivity contribution is 0.598. The average Bonchev–Trinajstić information content (AvgIpc) is 2.75. The number of alkyl halides is 1. The minimum absolute atomic E-state index is 0.652. The van der Waals surface area contributed by atoms with Gasteiger partial charge in [0.05, 0.1) is 0 Å². The monoisotopic (exact) mass is 224 g/mol. The van der Waals surface area contributed by atoms with Crippen LogP contribution in [0.15, 0.2) is 24.4 Å². The van der Waals surface area contributed by atoms with E-state index in [1.807, 2.05) is 12.3 Å². The maximum atomic E-state index is 5.74. The Hall–Kier alpha value is -0.760. The molecule has 0 radical (unpaired) electrons. The summed E-state index contributed by atoms with van der Waals surface area (Å²) < 4.78 is 0. The van der Waals surface area contributed by atoms with Crippen molar-refractivity contribution in [1.82, 2.24) is 4.98 Å². The van der Waals surface area contributed by atoms with E-state index >= 15 is 0 Å². The molecule has 0 amide bonds. The Labute approximate surface area is 96.3 Å². The van der Waals surface area contributed by atoms with Crippen molar-refractivity contribution in [3.63, 3.8) is 0 Å². The number of aromatic nitrogens is 1. The molecule has 0 N–H and O–H groups in total. The first-order valence-electron chi connectivity index (χ1n) is 5.65. The second-order valence-electron chi connectivity index (χ2n) is 4.01. The fraction of sp³-hybridized carbons (Fsp3) is 0.583. The van der Waals surface area contributed by atoms with Crippen molar-refractivity contribution >= 4 is 17.4 Å². The van der Waals surface area contributed by atoms with Gasteiger partial charge >= 0.3 is 0 Å². The fourth-order valence-electron chi connectivity index (χ4n) is 2.27. The quantitative estimate of drug-likeness (QED) is 0.731. The van der Waals surface area contributed by atoms with E-state index in [9.17, 15) is 0 Å². The van der Waals surface area contributed by atoms with Gasteiger partial charge in [0, 0.05) is 24.7 Å². The van der Waals surface area contributed by atoms with Gasteiger partial charge in [-0.05, 0) is 37.8 Å². The summed E-state index contributed by atoms with van der Waals surface area (Å²) in [6.45, 7) is 1.14. The van der Waals surface area contributed by atoms with E-state index in [1.165, 1.54) is 19.3 Å². The Morgan fingerprint density at radius 3 is 3.13 bits per heavy atom. The molecular formula is C12H17ClN2. The molecular weight excluding hydrogens is 208 g/mol. The Bertz CT molecular complexity index is 289. The summed E-state index contributed by atoms with van der Waals surface area (Å²) in [6.07, 6.45) is 6.74. The smallest absolute Gasteiger partial charge is 0.128 e. The Morgan fingerprint density at radius 1 is 1.47 bits per heavy atom. The molecule has 1 saturated heterocycles. The van der Waals surface area contributed by atoms with Crippen LogP contribution in [-0.4, -0.2) is 23.5 Å². The van der Waals surface area contributed by atoms with Crippen molar-refractivity contribution in [1.29, 1.82) is 0 Å². The molecule has 0 aliphatic carbocycles. The fourth-order valence-corrected chi connectivity index (χ4v) is 2.43.